The van der Waals surface area contributed by atoms with Crippen molar-refractivity contribution in [2.75, 3.05) is 20.2 Å². The van der Waals surface area contributed by atoms with Crippen molar-refractivity contribution in [1.29, 1.82) is 0 Å². The molecule has 0 aliphatic heterocycles. The maximum atomic E-state index is 11.9. The van der Waals surface area contributed by atoms with E-state index in [9.17, 15) is 14.4 Å². The largest absolute Gasteiger partial charge is 0.497 e. The summed E-state index contributed by atoms with van der Waals surface area (Å²) < 4.78 is 5.05. The van der Waals surface area contributed by atoms with Crippen molar-refractivity contribution in [2.45, 2.75) is 52.4 Å². The predicted molar refractivity (Wildman–Crippen MR) is 108 cm³/mol. The predicted octanol–water partition coefficient (Wildman–Crippen LogP) is 3.60. The average Bonchev–Trinajstić information content (AvgIpc) is 2.66. The van der Waals surface area contributed by atoms with Crippen LogP contribution in [0.2, 0.25) is 0 Å². The number of rotatable bonds is 11. The molecule has 0 aliphatic carbocycles. The van der Waals surface area contributed by atoms with Crippen LogP contribution < -0.4 is 15.4 Å². The van der Waals surface area contributed by atoms with Gasteiger partial charge in [-0.15, -0.1) is 0 Å². The molecule has 0 aromatic heterocycles. The molecular weight excluding hydrogens is 332 g/mol. The van der Waals surface area contributed by atoms with Crippen molar-refractivity contribution in [1.82, 2.24) is 10.6 Å². The molecule has 0 heterocycles. The zero-order valence-electron chi connectivity index (χ0n) is 16.2. The molecule has 0 unspecified atom stereocenters. The van der Waals surface area contributed by atoms with Gasteiger partial charge in [0, 0.05) is 21.4 Å². The average molecular weight is 369 g/mol. The molecule has 1 aromatic carbocycles. The van der Waals surface area contributed by atoms with E-state index in [0.717, 1.165) is 31.4 Å². The summed E-state index contributed by atoms with van der Waals surface area (Å²) in [6.07, 6.45) is 5.89. The molecule has 0 saturated heterocycles. The minimum atomic E-state index is -0.0964. The lowest BCUT2D eigenvalue weighted by Gasteiger charge is -2.06. The fourth-order valence-corrected chi connectivity index (χ4v) is 2.05. The van der Waals surface area contributed by atoms with E-state index in [1.165, 1.54) is 6.42 Å². The number of ether oxygens (including phenoxy) is 1. The van der Waals surface area contributed by atoms with Crippen LogP contribution in [0.5, 0.6) is 5.75 Å². The van der Waals surface area contributed by atoms with Gasteiger partial charge in [-0.2, -0.15) is 0 Å². The second-order valence-electron chi connectivity index (χ2n) is 5.83. The zero-order valence-corrected chi connectivity index (χ0v) is 16.2. The third-order valence-corrected chi connectivity index (χ3v) is 3.35. The number of unbranched alkanes of at least 4 members (excludes halogenated alkanes) is 3. The van der Waals surface area contributed by atoms with Gasteiger partial charge in [0.1, 0.15) is 12.0 Å². The number of hydrogen-bond donors (Lipinski definition) is 2. The van der Waals surface area contributed by atoms with Crippen LogP contribution >= 0.6 is 0 Å². The van der Waals surface area contributed by atoms with Crippen LogP contribution in [0.25, 0.3) is 0 Å². The molecule has 150 valence electrons. The van der Waals surface area contributed by atoms with Gasteiger partial charge in [-0.1, -0.05) is 33.1 Å². The first-order chi connectivity index (χ1) is 12.6. The van der Waals surface area contributed by atoms with Crippen molar-refractivity contribution in [2.24, 2.45) is 0 Å². The molecule has 6 heteroatoms. The molecule has 0 atom stereocenters. The Kier molecular flexibility index (Phi) is 14.6. The number of aldehydes is 1. The summed E-state index contributed by atoms with van der Waals surface area (Å²) in [5.41, 5.74) is 0.609. The summed E-state index contributed by atoms with van der Waals surface area (Å²) in [4.78, 5) is 33.2. The van der Waals surface area contributed by atoms with Crippen LogP contribution in [0.15, 0.2) is 24.3 Å². The van der Waals surface area contributed by atoms with Gasteiger partial charge in [0.05, 0.1) is 13.7 Å². The Morgan fingerprint density at radius 2 is 1.65 bits per heavy atom. The lowest BCUT2D eigenvalue weighted by molar-refractivity contribution is -0.122. The Bertz CT molecular complexity index is 525. The van der Waals surface area contributed by atoms with E-state index in [4.69, 9.17) is 4.74 Å². The lowest BCUT2D eigenvalue weighted by atomic mass is 10.1. The Hall–Kier alpha value is -2.37. The van der Waals surface area contributed by atoms with Gasteiger partial charge in [0.25, 0.3) is 5.91 Å². The van der Waals surface area contributed by atoms with Crippen LogP contribution in [-0.2, 0) is 9.59 Å². The summed E-state index contributed by atoms with van der Waals surface area (Å²) in [7, 11) is 1.58. The molecule has 0 spiro atoms. The topological polar surface area (TPSA) is 84.5 Å². The highest BCUT2D eigenvalue weighted by Gasteiger charge is 2.04. The van der Waals surface area contributed by atoms with E-state index in [1.807, 2.05) is 0 Å². The second-order valence-corrected chi connectivity index (χ2v) is 5.83. The van der Waals surface area contributed by atoms with Gasteiger partial charge in [0.2, 0.25) is 5.91 Å². The lowest BCUT2D eigenvalue weighted by Crippen LogP contribution is -2.25. The Morgan fingerprint density at radius 1 is 1.04 bits per heavy atom. The molecule has 0 bridgehead atoms. The fourth-order valence-electron chi connectivity index (χ4n) is 2.05. The van der Waals surface area contributed by atoms with E-state index in [2.05, 4.69) is 24.5 Å². The number of benzene rings is 1. The molecule has 2 N–H and O–H groups in total. The van der Waals surface area contributed by atoms with Crippen molar-refractivity contribution in [3.05, 3.63) is 29.8 Å². The first-order valence-electron chi connectivity index (χ1n) is 9.21. The third-order valence-electron chi connectivity index (χ3n) is 3.35. The summed E-state index contributed by atoms with van der Waals surface area (Å²) >= 11 is 0. The summed E-state index contributed by atoms with van der Waals surface area (Å²) in [5, 5.41) is 5.37. The highest BCUT2D eigenvalue weighted by atomic mass is 16.5. The Morgan fingerprint density at radius 3 is 2.23 bits per heavy atom. The van der Waals surface area contributed by atoms with Gasteiger partial charge in [-0.3, -0.25) is 9.59 Å². The third kappa shape index (κ3) is 12.1. The van der Waals surface area contributed by atoms with Crippen molar-refractivity contribution in [3.63, 3.8) is 0 Å². The normalized spacial score (nSPS) is 9.50. The number of carbonyl (C=O) groups excluding carboxylic acids is 3. The van der Waals surface area contributed by atoms with Gasteiger partial charge in [0.15, 0.2) is 0 Å². The summed E-state index contributed by atoms with van der Waals surface area (Å²) in [6.45, 7) is 4.94. The first-order valence-corrected chi connectivity index (χ1v) is 9.21. The highest BCUT2D eigenvalue weighted by molar-refractivity contribution is 5.94. The second kappa shape index (κ2) is 16.1. The van der Waals surface area contributed by atoms with E-state index < -0.39 is 0 Å². The van der Waals surface area contributed by atoms with E-state index in [1.54, 1.807) is 31.4 Å². The molecule has 0 radical (unpaired) electrons. The molecule has 0 aliphatic rings. The van der Waals surface area contributed by atoms with Gasteiger partial charge in [-0.05, 0) is 37.1 Å². The van der Waals surface area contributed by atoms with Crippen molar-refractivity contribution >= 4 is 18.1 Å². The minimum Gasteiger partial charge on any atom is -0.497 e. The van der Waals surface area contributed by atoms with Crippen LogP contribution in [0.1, 0.15) is 65.6 Å². The maximum absolute atomic E-state index is 11.9. The van der Waals surface area contributed by atoms with Crippen LogP contribution in [-0.4, -0.2) is 38.3 Å². The van der Waals surface area contributed by atoms with E-state index >= 15 is 0 Å². The quantitative estimate of drug-likeness (QED) is 0.462. The Labute approximate surface area is 159 Å². The summed E-state index contributed by atoms with van der Waals surface area (Å²) in [6, 6.07) is 6.97. The SMILES string of the molecule is CCC.COc1ccc(C(=O)NCCCCCCC(=O)NCC=O)cc1.[HH].[HH]. The van der Waals surface area contributed by atoms with Crippen LogP contribution in [0, 0.1) is 0 Å². The monoisotopic (exact) mass is 368 g/mol. The number of carbonyl (C=O) groups is 3. The molecule has 6 nitrogen and oxygen atoms in total. The molecule has 1 rings (SSSR count). The smallest absolute Gasteiger partial charge is 0.251 e. The first kappa shape index (κ1) is 23.6. The van der Waals surface area contributed by atoms with Gasteiger partial charge >= 0.3 is 0 Å². The minimum absolute atomic E-state index is 0. The van der Waals surface area contributed by atoms with E-state index in [-0.39, 0.29) is 21.2 Å². The number of hydrogen-bond acceptors (Lipinski definition) is 4. The summed E-state index contributed by atoms with van der Waals surface area (Å²) in [5.74, 6) is 0.532. The van der Waals surface area contributed by atoms with Gasteiger partial charge in [-0.25, -0.2) is 0 Å². The standard InChI is InChI=1S/C17H24N2O4.C3H8.2H2/c1-23-15-9-7-14(8-10-15)17(22)19-11-5-3-2-4-6-16(21)18-12-13-20;1-3-2;;/h7-10,13H,2-6,11-12H2,1H3,(H,18,21)(H,19,22);3H2,1-2H3;2*1H. The van der Waals surface area contributed by atoms with E-state index in [0.29, 0.717) is 24.8 Å². The van der Waals surface area contributed by atoms with Crippen molar-refractivity contribution < 1.29 is 22.0 Å². The zero-order chi connectivity index (χ0) is 19.6. The van der Waals surface area contributed by atoms with Crippen LogP contribution in [0.4, 0.5) is 0 Å². The maximum Gasteiger partial charge on any atom is 0.251 e. The molecule has 2 amide bonds. The van der Waals surface area contributed by atoms with Crippen LogP contribution in [0.3, 0.4) is 0 Å². The highest BCUT2D eigenvalue weighted by Crippen LogP contribution is 2.11. The molecule has 0 saturated carbocycles. The Balaban J connectivity index is -0.00000117. The molecule has 0 fully saturated rings. The fraction of sp³-hybridized carbons (Fsp3) is 0.550. The number of nitrogens with one attached hydrogen (secondary N) is 2. The number of methoxy groups -OCH3 is 1. The molecule has 26 heavy (non-hydrogen) atoms. The molecular formula is C20H36N2O4. The molecule has 1 aromatic rings. The van der Waals surface area contributed by atoms with Gasteiger partial charge < -0.3 is 20.2 Å². The number of amides is 2. The van der Waals surface area contributed by atoms with Crippen molar-refractivity contribution in [3.8, 4) is 5.75 Å².